The van der Waals surface area contributed by atoms with Gasteiger partial charge in [0.15, 0.2) is 11.5 Å². The van der Waals surface area contributed by atoms with Crippen molar-refractivity contribution < 1.29 is 14.2 Å². The SMILES string of the molecule is COc1ccc(C2=Nc3cccc4cccc(c34)N2)c(OC)c1OC. The highest BCUT2D eigenvalue weighted by atomic mass is 16.5. The van der Waals surface area contributed by atoms with Gasteiger partial charge in [0.05, 0.1) is 32.6 Å². The number of hydrogen-bond donors (Lipinski definition) is 1. The summed E-state index contributed by atoms with van der Waals surface area (Å²) >= 11 is 0. The average molecular weight is 334 g/mol. The molecule has 25 heavy (non-hydrogen) atoms. The lowest BCUT2D eigenvalue weighted by Crippen LogP contribution is -2.17. The second-order valence-electron chi connectivity index (χ2n) is 5.65. The van der Waals surface area contributed by atoms with E-state index in [1.54, 1.807) is 21.3 Å². The second kappa shape index (κ2) is 6.02. The molecule has 126 valence electrons. The van der Waals surface area contributed by atoms with Crippen molar-refractivity contribution >= 4 is 28.0 Å². The highest BCUT2D eigenvalue weighted by molar-refractivity contribution is 6.20. The first-order chi connectivity index (χ1) is 12.3. The molecule has 4 rings (SSSR count). The van der Waals surface area contributed by atoms with Crippen LogP contribution in [0.1, 0.15) is 5.56 Å². The Bertz CT molecular complexity index is 990. The number of benzene rings is 3. The molecule has 0 aromatic heterocycles. The van der Waals surface area contributed by atoms with E-state index in [9.17, 15) is 0 Å². The number of nitrogens with one attached hydrogen (secondary N) is 1. The van der Waals surface area contributed by atoms with Crippen LogP contribution in [-0.2, 0) is 0 Å². The molecular formula is C20H18N2O3. The van der Waals surface area contributed by atoms with E-state index >= 15 is 0 Å². The molecule has 5 nitrogen and oxygen atoms in total. The van der Waals surface area contributed by atoms with Gasteiger partial charge < -0.3 is 19.5 Å². The van der Waals surface area contributed by atoms with Gasteiger partial charge in [-0.15, -0.1) is 0 Å². The Morgan fingerprint density at radius 3 is 2.28 bits per heavy atom. The van der Waals surface area contributed by atoms with Gasteiger partial charge in [-0.05, 0) is 29.7 Å². The number of aliphatic imine (C=N–C) groups is 1. The van der Waals surface area contributed by atoms with Crippen molar-refractivity contribution in [2.24, 2.45) is 4.99 Å². The molecule has 1 aliphatic heterocycles. The predicted molar refractivity (Wildman–Crippen MR) is 99.9 cm³/mol. The highest BCUT2D eigenvalue weighted by Crippen LogP contribution is 2.42. The van der Waals surface area contributed by atoms with Crippen LogP contribution in [0.5, 0.6) is 17.2 Å². The molecule has 1 N–H and O–H groups in total. The molecule has 0 saturated heterocycles. The van der Waals surface area contributed by atoms with E-state index in [2.05, 4.69) is 17.4 Å². The van der Waals surface area contributed by atoms with Gasteiger partial charge in [-0.2, -0.15) is 0 Å². The summed E-state index contributed by atoms with van der Waals surface area (Å²) in [6, 6.07) is 16.0. The van der Waals surface area contributed by atoms with Gasteiger partial charge in [0.25, 0.3) is 0 Å². The van der Waals surface area contributed by atoms with Crippen molar-refractivity contribution in [1.82, 2.24) is 0 Å². The summed E-state index contributed by atoms with van der Waals surface area (Å²) in [4.78, 5) is 4.80. The van der Waals surface area contributed by atoms with Crippen LogP contribution in [0.2, 0.25) is 0 Å². The molecule has 0 unspecified atom stereocenters. The summed E-state index contributed by atoms with van der Waals surface area (Å²) in [6.45, 7) is 0. The number of amidine groups is 1. The molecule has 0 saturated carbocycles. The van der Waals surface area contributed by atoms with E-state index in [-0.39, 0.29) is 0 Å². The van der Waals surface area contributed by atoms with Crippen LogP contribution in [0.4, 0.5) is 11.4 Å². The Labute approximate surface area is 145 Å². The summed E-state index contributed by atoms with van der Waals surface area (Å²) in [7, 11) is 4.80. The number of nitrogens with zero attached hydrogens (tertiary/aromatic N) is 1. The molecule has 0 radical (unpaired) electrons. The quantitative estimate of drug-likeness (QED) is 0.770. The summed E-state index contributed by atoms with van der Waals surface area (Å²) in [5, 5.41) is 5.69. The van der Waals surface area contributed by atoms with E-state index in [1.165, 1.54) is 0 Å². The third kappa shape index (κ3) is 2.36. The molecule has 3 aromatic rings. The molecule has 1 aliphatic rings. The molecule has 0 fully saturated rings. The number of ether oxygens (including phenoxy) is 3. The van der Waals surface area contributed by atoms with E-state index in [1.807, 2.05) is 36.4 Å². The summed E-state index contributed by atoms with van der Waals surface area (Å²) in [5.41, 5.74) is 2.76. The van der Waals surface area contributed by atoms with Crippen molar-refractivity contribution in [3.05, 3.63) is 54.1 Å². The lowest BCUT2D eigenvalue weighted by molar-refractivity contribution is 0.324. The number of rotatable bonds is 4. The fourth-order valence-corrected chi connectivity index (χ4v) is 3.21. The predicted octanol–water partition coefficient (Wildman–Crippen LogP) is 4.37. The molecule has 3 aromatic carbocycles. The van der Waals surface area contributed by atoms with Crippen LogP contribution >= 0.6 is 0 Å². The Morgan fingerprint density at radius 2 is 1.56 bits per heavy atom. The minimum absolute atomic E-state index is 0.545. The van der Waals surface area contributed by atoms with Crippen LogP contribution < -0.4 is 19.5 Å². The highest BCUT2D eigenvalue weighted by Gasteiger charge is 2.22. The van der Waals surface area contributed by atoms with E-state index < -0.39 is 0 Å². The molecular weight excluding hydrogens is 316 g/mol. The zero-order valence-corrected chi connectivity index (χ0v) is 14.3. The first kappa shape index (κ1) is 15.3. The zero-order chi connectivity index (χ0) is 17.4. The first-order valence-electron chi connectivity index (χ1n) is 7.93. The van der Waals surface area contributed by atoms with Gasteiger partial charge in [-0.25, -0.2) is 4.99 Å². The van der Waals surface area contributed by atoms with Gasteiger partial charge in [-0.1, -0.05) is 24.3 Å². The Kier molecular flexibility index (Phi) is 3.69. The maximum Gasteiger partial charge on any atom is 0.204 e. The summed E-state index contributed by atoms with van der Waals surface area (Å²) in [5.74, 6) is 2.45. The van der Waals surface area contributed by atoms with Gasteiger partial charge in [0.2, 0.25) is 5.75 Å². The zero-order valence-electron chi connectivity index (χ0n) is 14.3. The van der Waals surface area contributed by atoms with Crippen molar-refractivity contribution in [2.45, 2.75) is 0 Å². The maximum absolute atomic E-state index is 5.60. The number of methoxy groups -OCH3 is 3. The third-order valence-electron chi connectivity index (χ3n) is 4.33. The van der Waals surface area contributed by atoms with Gasteiger partial charge in [0, 0.05) is 11.1 Å². The lowest BCUT2D eigenvalue weighted by Gasteiger charge is -2.21. The Balaban J connectivity index is 1.92. The van der Waals surface area contributed by atoms with Crippen LogP contribution in [0, 0.1) is 0 Å². The molecule has 1 heterocycles. The molecule has 0 atom stereocenters. The Morgan fingerprint density at radius 1 is 0.800 bits per heavy atom. The number of hydrogen-bond acceptors (Lipinski definition) is 5. The second-order valence-corrected chi connectivity index (χ2v) is 5.65. The van der Waals surface area contributed by atoms with Gasteiger partial charge >= 0.3 is 0 Å². The smallest absolute Gasteiger partial charge is 0.204 e. The standard InChI is InChI=1S/C20H18N2O3/c1-23-16-11-10-13(18(24-2)19(16)25-3)20-21-14-8-4-6-12-7-5-9-15(22-20)17(12)14/h4-11H,1-3H3,(H,21,22). The third-order valence-corrected chi connectivity index (χ3v) is 4.33. The molecule has 0 spiro atoms. The van der Waals surface area contributed by atoms with E-state index in [0.29, 0.717) is 23.1 Å². The minimum atomic E-state index is 0.545. The Hall–Kier alpha value is -3.21. The minimum Gasteiger partial charge on any atom is -0.493 e. The van der Waals surface area contributed by atoms with E-state index in [4.69, 9.17) is 19.2 Å². The molecule has 0 amide bonds. The number of anilines is 1. The van der Waals surface area contributed by atoms with Gasteiger partial charge in [0.1, 0.15) is 5.84 Å². The van der Waals surface area contributed by atoms with E-state index in [0.717, 1.165) is 27.7 Å². The van der Waals surface area contributed by atoms with Crippen molar-refractivity contribution in [2.75, 3.05) is 26.6 Å². The molecule has 0 aliphatic carbocycles. The van der Waals surface area contributed by atoms with Crippen LogP contribution in [0.25, 0.3) is 10.8 Å². The summed E-state index contributed by atoms with van der Waals surface area (Å²) in [6.07, 6.45) is 0. The monoisotopic (exact) mass is 334 g/mol. The largest absolute Gasteiger partial charge is 0.493 e. The van der Waals surface area contributed by atoms with Crippen molar-refractivity contribution in [3.63, 3.8) is 0 Å². The summed E-state index contributed by atoms with van der Waals surface area (Å²) < 4.78 is 16.4. The molecule has 0 bridgehead atoms. The van der Waals surface area contributed by atoms with Crippen molar-refractivity contribution in [1.29, 1.82) is 0 Å². The van der Waals surface area contributed by atoms with Crippen LogP contribution in [0.15, 0.2) is 53.5 Å². The topological polar surface area (TPSA) is 52.1 Å². The lowest BCUT2D eigenvalue weighted by atomic mass is 10.0. The first-order valence-corrected chi connectivity index (χ1v) is 7.93. The maximum atomic E-state index is 5.60. The van der Waals surface area contributed by atoms with Crippen LogP contribution in [0.3, 0.4) is 0 Å². The average Bonchev–Trinajstić information content (AvgIpc) is 2.66. The molecule has 5 heteroatoms. The fraction of sp³-hybridized carbons (Fsp3) is 0.150. The van der Waals surface area contributed by atoms with Crippen LogP contribution in [-0.4, -0.2) is 27.2 Å². The fourth-order valence-electron chi connectivity index (χ4n) is 3.21. The van der Waals surface area contributed by atoms with Crippen molar-refractivity contribution in [3.8, 4) is 17.2 Å². The van der Waals surface area contributed by atoms with Gasteiger partial charge in [-0.3, -0.25) is 0 Å². The normalized spacial score (nSPS) is 12.4.